The third-order valence-electron chi connectivity index (χ3n) is 2.21. The van der Waals surface area contributed by atoms with Crippen molar-refractivity contribution in [2.45, 2.75) is 19.8 Å². The zero-order valence-corrected chi connectivity index (χ0v) is 9.51. The van der Waals surface area contributed by atoms with Gasteiger partial charge in [0.25, 0.3) is 5.69 Å². The molecule has 0 unspecified atom stereocenters. The molecule has 1 aromatic carbocycles. The van der Waals surface area contributed by atoms with Gasteiger partial charge in [-0.05, 0) is 19.4 Å². The van der Waals surface area contributed by atoms with Crippen LogP contribution in [-0.2, 0) is 16.0 Å². The highest BCUT2D eigenvalue weighted by Gasteiger charge is 2.15. The van der Waals surface area contributed by atoms with Crippen molar-refractivity contribution in [1.82, 2.24) is 0 Å². The molecule has 1 rings (SSSR count). The highest BCUT2D eigenvalue weighted by atomic mass is 16.6. The Morgan fingerprint density at radius 3 is 2.82 bits per heavy atom. The van der Waals surface area contributed by atoms with Crippen molar-refractivity contribution >= 4 is 17.3 Å². The summed E-state index contributed by atoms with van der Waals surface area (Å²) in [6.45, 7) is 2.02. The molecule has 0 atom stereocenters. The Balaban J connectivity index is 2.77. The summed E-state index contributed by atoms with van der Waals surface area (Å²) in [6, 6.07) is 4.43. The van der Waals surface area contributed by atoms with E-state index in [0.717, 1.165) is 0 Å². The molecule has 0 aliphatic rings. The van der Waals surface area contributed by atoms with Crippen molar-refractivity contribution in [2.24, 2.45) is 0 Å². The molecule has 0 amide bonds. The van der Waals surface area contributed by atoms with Crippen LogP contribution in [0, 0.1) is 10.1 Å². The fraction of sp³-hybridized carbons (Fsp3) is 0.364. The maximum atomic E-state index is 11.1. The summed E-state index contributed by atoms with van der Waals surface area (Å²) in [5, 5.41) is 10.8. The average Bonchev–Trinajstić information content (AvgIpc) is 2.27. The van der Waals surface area contributed by atoms with Gasteiger partial charge in [-0.3, -0.25) is 14.9 Å². The van der Waals surface area contributed by atoms with Gasteiger partial charge in [0.2, 0.25) is 0 Å². The van der Waals surface area contributed by atoms with Crippen LogP contribution in [-0.4, -0.2) is 17.5 Å². The first kappa shape index (κ1) is 13.0. The molecule has 0 radical (unpaired) electrons. The van der Waals surface area contributed by atoms with Crippen molar-refractivity contribution in [3.8, 4) is 0 Å². The Morgan fingerprint density at radius 1 is 1.53 bits per heavy atom. The SMILES string of the molecule is CCOC(=O)CCc1ccc(N)cc1[N+](=O)[O-]. The largest absolute Gasteiger partial charge is 0.466 e. The predicted molar refractivity (Wildman–Crippen MR) is 62.5 cm³/mol. The molecule has 0 aromatic heterocycles. The zero-order valence-electron chi connectivity index (χ0n) is 9.51. The van der Waals surface area contributed by atoms with Gasteiger partial charge in [-0.1, -0.05) is 6.07 Å². The number of nitro benzene ring substituents is 1. The van der Waals surface area contributed by atoms with Crippen LogP contribution in [0.2, 0.25) is 0 Å². The quantitative estimate of drug-likeness (QED) is 0.364. The second kappa shape index (κ2) is 5.83. The molecule has 2 N–H and O–H groups in total. The van der Waals surface area contributed by atoms with E-state index in [1.165, 1.54) is 6.07 Å². The Bertz CT molecular complexity index is 431. The van der Waals surface area contributed by atoms with E-state index in [9.17, 15) is 14.9 Å². The summed E-state index contributed by atoms with van der Waals surface area (Å²) in [5.41, 5.74) is 6.23. The van der Waals surface area contributed by atoms with E-state index in [2.05, 4.69) is 0 Å². The Labute approximate surface area is 98.5 Å². The lowest BCUT2D eigenvalue weighted by Crippen LogP contribution is -2.06. The number of anilines is 1. The monoisotopic (exact) mass is 238 g/mol. The second-order valence-corrected chi connectivity index (χ2v) is 3.45. The summed E-state index contributed by atoms with van der Waals surface area (Å²) in [7, 11) is 0. The van der Waals surface area contributed by atoms with Gasteiger partial charge in [0.05, 0.1) is 11.5 Å². The van der Waals surface area contributed by atoms with Gasteiger partial charge >= 0.3 is 5.97 Å². The number of benzene rings is 1. The van der Waals surface area contributed by atoms with Gasteiger partial charge < -0.3 is 10.5 Å². The highest BCUT2D eigenvalue weighted by Crippen LogP contribution is 2.22. The summed E-state index contributed by atoms with van der Waals surface area (Å²) in [6.07, 6.45) is 0.397. The number of hydrogen-bond donors (Lipinski definition) is 1. The molecule has 92 valence electrons. The first-order chi connectivity index (χ1) is 8.04. The van der Waals surface area contributed by atoms with Gasteiger partial charge in [0.15, 0.2) is 0 Å². The van der Waals surface area contributed by atoms with Crippen molar-refractivity contribution in [2.75, 3.05) is 12.3 Å². The van der Waals surface area contributed by atoms with Crippen LogP contribution in [0.25, 0.3) is 0 Å². The fourth-order valence-electron chi connectivity index (χ4n) is 1.43. The molecule has 0 saturated heterocycles. The number of aryl methyl sites for hydroxylation is 1. The van der Waals surface area contributed by atoms with Crippen LogP contribution >= 0.6 is 0 Å². The number of nitro groups is 1. The molecular formula is C11H14N2O4. The van der Waals surface area contributed by atoms with E-state index in [-0.39, 0.29) is 24.5 Å². The topological polar surface area (TPSA) is 95.5 Å². The van der Waals surface area contributed by atoms with Crippen LogP contribution in [0.3, 0.4) is 0 Å². The zero-order chi connectivity index (χ0) is 12.8. The number of carbonyl (C=O) groups excluding carboxylic acids is 1. The Hall–Kier alpha value is -2.11. The van der Waals surface area contributed by atoms with Crippen molar-refractivity contribution in [1.29, 1.82) is 0 Å². The number of ether oxygens (including phenoxy) is 1. The number of esters is 1. The fourth-order valence-corrected chi connectivity index (χ4v) is 1.43. The van der Waals surface area contributed by atoms with E-state index < -0.39 is 4.92 Å². The molecule has 6 nitrogen and oxygen atoms in total. The van der Waals surface area contributed by atoms with Crippen LogP contribution in [0.4, 0.5) is 11.4 Å². The molecule has 0 fully saturated rings. The first-order valence-corrected chi connectivity index (χ1v) is 5.23. The van der Waals surface area contributed by atoms with E-state index in [0.29, 0.717) is 17.9 Å². The number of hydrogen-bond acceptors (Lipinski definition) is 5. The summed E-state index contributed by atoms with van der Waals surface area (Å²) >= 11 is 0. The van der Waals surface area contributed by atoms with Gasteiger partial charge in [-0.15, -0.1) is 0 Å². The summed E-state index contributed by atoms with van der Waals surface area (Å²) < 4.78 is 4.75. The Morgan fingerprint density at radius 2 is 2.24 bits per heavy atom. The minimum absolute atomic E-state index is 0.0608. The second-order valence-electron chi connectivity index (χ2n) is 3.45. The smallest absolute Gasteiger partial charge is 0.306 e. The molecule has 6 heteroatoms. The minimum Gasteiger partial charge on any atom is -0.466 e. The molecule has 0 aliphatic heterocycles. The van der Waals surface area contributed by atoms with Crippen LogP contribution in [0.15, 0.2) is 18.2 Å². The maximum absolute atomic E-state index is 11.1. The van der Waals surface area contributed by atoms with Gasteiger partial charge in [-0.2, -0.15) is 0 Å². The van der Waals surface area contributed by atoms with Crippen LogP contribution < -0.4 is 5.73 Å². The van der Waals surface area contributed by atoms with Gasteiger partial charge in [-0.25, -0.2) is 0 Å². The van der Waals surface area contributed by atoms with Crippen molar-refractivity contribution < 1.29 is 14.5 Å². The van der Waals surface area contributed by atoms with Gasteiger partial charge in [0, 0.05) is 23.7 Å². The average molecular weight is 238 g/mol. The van der Waals surface area contributed by atoms with Crippen LogP contribution in [0.1, 0.15) is 18.9 Å². The summed E-state index contributed by atoms with van der Waals surface area (Å²) in [5.74, 6) is -0.362. The third-order valence-corrected chi connectivity index (χ3v) is 2.21. The highest BCUT2D eigenvalue weighted by molar-refractivity contribution is 5.70. The number of carbonyl (C=O) groups is 1. The molecule has 0 heterocycles. The van der Waals surface area contributed by atoms with Crippen molar-refractivity contribution in [3.63, 3.8) is 0 Å². The molecule has 1 aromatic rings. The lowest BCUT2D eigenvalue weighted by molar-refractivity contribution is -0.385. The third kappa shape index (κ3) is 3.75. The molecule has 17 heavy (non-hydrogen) atoms. The lowest BCUT2D eigenvalue weighted by atomic mass is 10.1. The lowest BCUT2D eigenvalue weighted by Gasteiger charge is -2.04. The molecular weight excluding hydrogens is 224 g/mol. The van der Waals surface area contributed by atoms with Crippen molar-refractivity contribution in [3.05, 3.63) is 33.9 Å². The molecule has 0 saturated carbocycles. The number of rotatable bonds is 5. The van der Waals surface area contributed by atoms with E-state index in [4.69, 9.17) is 10.5 Å². The summed E-state index contributed by atoms with van der Waals surface area (Å²) in [4.78, 5) is 21.4. The molecule has 0 bridgehead atoms. The Kier molecular flexibility index (Phi) is 4.45. The van der Waals surface area contributed by atoms with E-state index in [1.54, 1.807) is 19.1 Å². The number of nitrogen functional groups attached to an aromatic ring is 1. The maximum Gasteiger partial charge on any atom is 0.306 e. The first-order valence-electron chi connectivity index (χ1n) is 5.23. The minimum atomic E-state index is -0.503. The normalized spacial score (nSPS) is 9.94. The predicted octanol–water partition coefficient (Wildman–Crippen LogP) is 1.67. The standard InChI is InChI=1S/C11H14N2O4/c1-2-17-11(14)6-4-8-3-5-9(12)7-10(8)13(15)16/h3,5,7H,2,4,6,12H2,1H3. The van der Waals surface area contributed by atoms with Crippen LogP contribution in [0.5, 0.6) is 0 Å². The van der Waals surface area contributed by atoms with Gasteiger partial charge in [0.1, 0.15) is 0 Å². The van der Waals surface area contributed by atoms with E-state index in [1.807, 2.05) is 0 Å². The van der Waals surface area contributed by atoms with E-state index >= 15 is 0 Å². The number of nitrogens with two attached hydrogens (primary N) is 1. The number of nitrogens with zero attached hydrogens (tertiary/aromatic N) is 1. The molecule has 0 aliphatic carbocycles. The molecule has 0 spiro atoms.